The molecule has 1 aromatic carbocycles. The molecule has 0 spiro atoms. The molecule has 0 aliphatic rings. The van der Waals surface area contributed by atoms with Crippen LogP contribution in [0.1, 0.15) is 31.0 Å². The number of thiophene rings is 1. The minimum absolute atomic E-state index is 0.277. The Labute approximate surface area is 163 Å². The maximum absolute atomic E-state index is 12.5. The van der Waals surface area contributed by atoms with Crippen LogP contribution in [0, 0.1) is 0 Å². The van der Waals surface area contributed by atoms with Gasteiger partial charge in [0.15, 0.2) is 0 Å². The zero-order valence-corrected chi connectivity index (χ0v) is 15.6. The first-order valence-corrected chi connectivity index (χ1v) is 9.02. The van der Waals surface area contributed by atoms with E-state index in [0.717, 1.165) is 11.3 Å². The van der Waals surface area contributed by atoms with E-state index in [1.54, 1.807) is 41.5 Å². The number of nitrogens with two attached hydrogens (primary N) is 1. The van der Waals surface area contributed by atoms with Gasteiger partial charge >= 0.3 is 5.97 Å². The molecule has 0 saturated heterocycles. The van der Waals surface area contributed by atoms with E-state index in [-0.39, 0.29) is 9.75 Å². The molecule has 26 heavy (non-hydrogen) atoms. The molecule has 0 aliphatic heterocycles. The van der Waals surface area contributed by atoms with Gasteiger partial charge in [-0.3, -0.25) is 4.79 Å². The lowest BCUT2D eigenvalue weighted by Gasteiger charge is -2.20. The van der Waals surface area contributed by atoms with Crippen molar-refractivity contribution in [1.82, 2.24) is 9.55 Å². The second kappa shape index (κ2) is 7.90. The Balaban J connectivity index is 1.87. The average molecular weight is 410 g/mol. The molecule has 3 rings (SSSR count). The van der Waals surface area contributed by atoms with E-state index in [9.17, 15) is 9.59 Å². The summed E-state index contributed by atoms with van der Waals surface area (Å²) in [5.74, 6) is -1.16. The molecule has 0 fully saturated rings. The van der Waals surface area contributed by atoms with Crippen molar-refractivity contribution < 1.29 is 14.3 Å². The van der Waals surface area contributed by atoms with E-state index < -0.39 is 18.0 Å². The highest BCUT2D eigenvalue weighted by molar-refractivity contribution is 7.15. The molecule has 2 N–H and O–H groups in total. The van der Waals surface area contributed by atoms with Crippen molar-refractivity contribution in [2.24, 2.45) is 5.73 Å². The van der Waals surface area contributed by atoms with Crippen molar-refractivity contribution in [2.45, 2.75) is 12.6 Å². The molecule has 1 unspecified atom stereocenters. The topological polar surface area (TPSA) is 87.2 Å². The van der Waals surface area contributed by atoms with E-state index in [2.05, 4.69) is 4.98 Å². The number of primary amides is 1. The molecule has 1 atom stereocenters. The van der Waals surface area contributed by atoms with Gasteiger partial charge in [-0.05, 0) is 24.3 Å². The number of aromatic nitrogens is 2. The minimum atomic E-state index is -0.666. The summed E-state index contributed by atoms with van der Waals surface area (Å²) >= 11 is 13.2. The van der Waals surface area contributed by atoms with Crippen LogP contribution in [0.2, 0.25) is 10.0 Å². The maximum atomic E-state index is 12.5. The zero-order chi connectivity index (χ0) is 18.7. The third kappa shape index (κ3) is 4.24. The number of carbonyl (C=O) groups is 2. The minimum Gasteiger partial charge on any atom is -0.451 e. The molecule has 0 bridgehead atoms. The highest BCUT2D eigenvalue weighted by atomic mass is 35.5. The maximum Gasteiger partial charge on any atom is 0.349 e. The molecule has 0 aliphatic carbocycles. The van der Waals surface area contributed by atoms with Gasteiger partial charge in [0.25, 0.3) is 5.91 Å². The number of hydrogen-bond donors (Lipinski definition) is 1. The number of benzene rings is 1. The van der Waals surface area contributed by atoms with E-state index in [0.29, 0.717) is 22.2 Å². The predicted molar refractivity (Wildman–Crippen MR) is 99.7 cm³/mol. The first kappa shape index (κ1) is 18.4. The van der Waals surface area contributed by atoms with Crippen molar-refractivity contribution in [3.8, 4) is 0 Å². The second-order valence-corrected chi connectivity index (χ2v) is 7.27. The summed E-state index contributed by atoms with van der Waals surface area (Å²) in [7, 11) is 0. The number of carbonyl (C=O) groups excluding carboxylic acids is 2. The molecular formula is C17H13Cl2N3O3S. The summed E-state index contributed by atoms with van der Waals surface area (Å²) < 4.78 is 7.42. The van der Waals surface area contributed by atoms with Gasteiger partial charge in [0.1, 0.15) is 11.0 Å². The SMILES string of the molecule is NC(=O)c1ccc(C(=O)OC(Cn2ccnc2)c2ccc(Cl)cc2Cl)s1. The van der Waals surface area contributed by atoms with Crippen molar-refractivity contribution in [3.63, 3.8) is 0 Å². The molecule has 2 heterocycles. The number of amides is 1. The van der Waals surface area contributed by atoms with Gasteiger partial charge in [-0.15, -0.1) is 11.3 Å². The van der Waals surface area contributed by atoms with Gasteiger partial charge in [-0.2, -0.15) is 0 Å². The van der Waals surface area contributed by atoms with Gasteiger partial charge < -0.3 is 15.0 Å². The van der Waals surface area contributed by atoms with Crippen molar-refractivity contribution >= 4 is 46.4 Å². The monoisotopic (exact) mass is 409 g/mol. The standard InChI is InChI=1S/C17H13Cl2N3O3S/c18-10-1-2-11(12(19)7-10)13(8-22-6-5-21-9-22)25-17(24)15-4-3-14(26-15)16(20)23/h1-7,9,13H,8H2,(H2,20,23). The third-order valence-electron chi connectivity index (χ3n) is 3.54. The first-order valence-electron chi connectivity index (χ1n) is 7.45. The van der Waals surface area contributed by atoms with Crippen LogP contribution in [0.3, 0.4) is 0 Å². The van der Waals surface area contributed by atoms with Crippen molar-refractivity contribution in [1.29, 1.82) is 0 Å². The van der Waals surface area contributed by atoms with Crippen molar-refractivity contribution in [2.75, 3.05) is 0 Å². The van der Waals surface area contributed by atoms with Gasteiger partial charge in [0.05, 0.1) is 17.7 Å². The number of imidazole rings is 1. The molecule has 1 amide bonds. The summed E-state index contributed by atoms with van der Waals surface area (Å²) in [5, 5.41) is 0.871. The predicted octanol–water partition coefficient (Wildman–Crippen LogP) is 3.95. The molecule has 6 nitrogen and oxygen atoms in total. The lowest BCUT2D eigenvalue weighted by atomic mass is 10.1. The summed E-state index contributed by atoms with van der Waals surface area (Å²) in [6.45, 7) is 0.321. The molecule has 134 valence electrons. The van der Waals surface area contributed by atoms with Crippen LogP contribution in [0.15, 0.2) is 49.1 Å². The fourth-order valence-electron chi connectivity index (χ4n) is 2.32. The highest BCUT2D eigenvalue weighted by Crippen LogP contribution is 2.31. The Morgan fingerprint density at radius 1 is 1.23 bits per heavy atom. The van der Waals surface area contributed by atoms with Gasteiger partial charge in [-0.25, -0.2) is 9.78 Å². The summed E-state index contributed by atoms with van der Waals surface area (Å²) in [4.78, 5) is 28.3. The fourth-order valence-corrected chi connectivity index (χ4v) is 3.59. The van der Waals surface area contributed by atoms with E-state index in [1.807, 2.05) is 0 Å². The number of hydrogen-bond acceptors (Lipinski definition) is 5. The average Bonchev–Trinajstić information content (AvgIpc) is 3.26. The van der Waals surface area contributed by atoms with Crippen LogP contribution >= 0.6 is 34.5 Å². The zero-order valence-electron chi connectivity index (χ0n) is 13.3. The van der Waals surface area contributed by atoms with Crippen LogP contribution in [-0.2, 0) is 11.3 Å². The number of esters is 1. The highest BCUT2D eigenvalue weighted by Gasteiger charge is 2.23. The molecule has 2 aromatic heterocycles. The van der Waals surface area contributed by atoms with Crippen LogP contribution < -0.4 is 5.73 Å². The number of halogens is 2. The van der Waals surface area contributed by atoms with Gasteiger partial charge in [-0.1, -0.05) is 29.3 Å². The normalized spacial score (nSPS) is 11.9. The summed E-state index contributed by atoms with van der Waals surface area (Å²) in [6.07, 6.45) is 4.32. The summed E-state index contributed by atoms with van der Waals surface area (Å²) in [6, 6.07) is 7.97. The quantitative estimate of drug-likeness (QED) is 0.624. The molecule has 3 aromatic rings. The lowest BCUT2D eigenvalue weighted by molar-refractivity contribution is 0.0261. The number of nitrogens with zero attached hydrogens (tertiary/aromatic N) is 2. The third-order valence-corrected chi connectivity index (χ3v) is 5.19. The first-order chi connectivity index (χ1) is 12.4. The fraction of sp³-hybridized carbons (Fsp3) is 0.118. The van der Waals surface area contributed by atoms with Crippen LogP contribution in [-0.4, -0.2) is 21.4 Å². The van der Waals surface area contributed by atoms with E-state index in [4.69, 9.17) is 33.7 Å². The lowest BCUT2D eigenvalue weighted by Crippen LogP contribution is -2.16. The van der Waals surface area contributed by atoms with Crippen LogP contribution in [0.25, 0.3) is 0 Å². The van der Waals surface area contributed by atoms with E-state index in [1.165, 1.54) is 12.1 Å². The Morgan fingerprint density at radius 2 is 2.00 bits per heavy atom. The second-order valence-electron chi connectivity index (χ2n) is 5.35. The van der Waals surface area contributed by atoms with Crippen LogP contribution in [0.4, 0.5) is 0 Å². The summed E-state index contributed by atoms with van der Waals surface area (Å²) in [5.41, 5.74) is 5.84. The molecular weight excluding hydrogens is 397 g/mol. The number of ether oxygens (including phenoxy) is 1. The Bertz CT molecular complexity index is 941. The Morgan fingerprint density at radius 3 is 2.62 bits per heavy atom. The molecule has 0 saturated carbocycles. The largest absolute Gasteiger partial charge is 0.451 e. The van der Waals surface area contributed by atoms with Crippen LogP contribution in [0.5, 0.6) is 0 Å². The van der Waals surface area contributed by atoms with E-state index >= 15 is 0 Å². The van der Waals surface area contributed by atoms with Crippen molar-refractivity contribution in [3.05, 3.63) is 74.4 Å². The molecule has 0 radical (unpaired) electrons. The Kier molecular flexibility index (Phi) is 5.61. The smallest absolute Gasteiger partial charge is 0.349 e. The molecule has 9 heteroatoms. The van der Waals surface area contributed by atoms with Gasteiger partial charge in [0, 0.05) is 28.0 Å². The Hall–Kier alpha value is -2.35. The number of rotatable bonds is 6. The van der Waals surface area contributed by atoms with Gasteiger partial charge in [0.2, 0.25) is 0 Å².